The molecule has 1 saturated heterocycles. The molecule has 1 aromatic heterocycles. The number of anilines is 1. The molecule has 88 valence electrons. The van der Waals surface area contributed by atoms with E-state index in [2.05, 4.69) is 41.0 Å². The molecule has 0 saturated carbocycles. The summed E-state index contributed by atoms with van der Waals surface area (Å²) in [5.41, 5.74) is 1.09. The van der Waals surface area contributed by atoms with Gasteiger partial charge in [0.1, 0.15) is 12.1 Å². The lowest BCUT2D eigenvalue weighted by Gasteiger charge is -2.42. The van der Waals surface area contributed by atoms with E-state index >= 15 is 0 Å². The van der Waals surface area contributed by atoms with E-state index in [9.17, 15) is 0 Å². The van der Waals surface area contributed by atoms with Crippen LogP contribution in [0.1, 0.15) is 26.5 Å². The van der Waals surface area contributed by atoms with Crippen LogP contribution in [0, 0.1) is 0 Å². The van der Waals surface area contributed by atoms with Gasteiger partial charge in [0, 0.05) is 30.9 Å². The van der Waals surface area contributed by atoms with E-state index in [-0.39, 0.29) is 0 Å². The van der Waals surface area contributed by atoms with Gasteiger partial charge in [-0.3, -0.25) is 4.90 Å². The van der Waals surface area contributed by atoms with Gasteiger partial charge in [-0.25, -0.2) is 9.97 Å². The molecule has 0 amide bonds. The summed E-state index contributed by atoms with van der Waals surface area (Å²) >= 11 is 0. The second-order valence-electron chi connectivity index (χ2n) is 4.64. The molecule has 0 aromatic carbocycles. The lowest BCUT2D eigenvalue weighted by Crippen LogP contribution is -2.57. The van der Waals surface area contributed by atoms with Crippen LogP contribution in [0.2, 0.25) is 0 Å². The molecule has 0 atom stereocenters. The molecule has 1 aliphatic rings. The van der Waals surface area contributed by atoms with Crippen LogP contribution >= 0.6 is 0 Å². The third kappa shape index (κ3) is 2.50. The van der Waals surface area contributed by atoms with Crippen LogP contribution in [0.25, 0.3) is 0 Å². The fourth-order valence-corrected chi connectivity index (χ4v) is 1.90. The van der Waals surface area contributed by atoms with Crippen molar-refractivity contribution in [3.63, 3.8) is 0 Å². The molecule has 1 fully saturated rings. The van der Waals surface area contributed by atoms with Gasteiger partial charge in [0.25, 0.3) is 0 Å². The van der Waals surface area contributed by atoms with Gasteiger partial charge in [-0.2, -0.15) is 0 Å². The van der Waals surface area contributed by atoms with E-state index in [4.69, 9.17) is 0 Å². The molecule has 0 bridgehead atoms. The van der Waals surface area contributed by atoms with Crippen molar-refractivity contribution in [2.24, 2.45) is 0 Å². The summed E-state index contributed by atoms with van der Waals surface area (Å²) in [4.78, 5) is 10.9. The Morgan fingerprint density at radius 2 is 2.19 bits per heavy atom. The fourth-order valence-electron chi connectivity index (χ4n) is 1.90. The number of hydrogen-bond acceptors (Lipinski definition) is 4. The summed E-state index contributed by atoms with van der Waals surface area (Å²) in [6, 6.07) is 3.23. The molecule has 2 heterocycles. The number of nitrogens with zero attached hydrogens (tertiary/aromatic N) is 3. The highest BCUT2D eigenvalue weighted by Crippen LogP contribution is 2.16. The minimum absolute atomic E-state index is 0.544. The normalized spacial score (nSPS) is 17.5. The third-order valence-electron chi connectivity index (χ3n) is 3.08. The second kappa shape index (κ2) is 4.78. The van der Waals surface area contributed by atoms with Crippen LogP contribution < -0.4 is 5.32 Å². The molecule has 2 rings (SSSR count). The lowest BCUT2D eigenvalue weighted by atomic mass is 10.1. The maximum atomic E-state index is 4.24. The molecule has 0 unspecified atom stereocenters. The highest BCUT2D eigenvalue weighted by molar-refractivity contribution is 5.37. The Morgan fingerprint density at radius 3 is 2.81 bits per heavy atom. The number of aryl methyl sites for hydroxylation is 1. The minimum Gasteiger partial charge on any atom is -0.365 e. The Bertz CT molecular complexity index is 345. The zero-order chi connectivity index (χ0) is 11.5. The summed E-state index contributed by atoms with van der Waals surface area (Å²) in [6.45, 7) is 8.80. The maximum Gasteiger partial charge on any atom is 0.129 e. The Balaban J connectivity index is 1.86. The van der Waals surface area contributed by atoms with Crippen LogP contribution in [0.15, 0.2) is 12.4 Å². The molecule has 16 heavy (non-hydrogen) atoms. The Kier molecular flexibility index (Phi) is 3.39. The van der Waals surface area contributed by atoms with E-state index < -0.39 is 0 Å². The molecule has 4 heteroatoms. The number of nitrogens with one attached hydrogen (secondary N) is 1. The first-order chi connectivity index (χ1) is 7.69. The molecule has 1 N–H and O–H groups in total. The van der Waals surface area contributed by atoms with Gasteiger partial charge >= 0.3 is 0 Å². The van der Waals surface area contributed by atoms with Crippen molar-refractivity contribution in [2.75, 3.05) is 18.4 Å². The largest absolute Gasteiger partial charge is 0.365 e. The van der Waals surface area contributed by atoms with Gasteiger partial charge in [-0.05, 0) is 20.3 Å². The van der Waals surface area contributed by atoms with Gasteiger partial charge in [0.2, 0.25) is 0 Å². The number of hydrogen-bond donors (Lipinski definition) is 1. The monoisotopic (exact) mass is 220 g/mol. The second-order valence-corrected chi connectivity index (χ2v) is 4.64. The highest BCUT2D eigenvalue weighted by atomic mass is 15.3. The molecule has 0 radical (unpaired) electrons. The summed E-state index contributed by atoms with van der Waals surface area (Å²) in [5.74, 6) is 0.959. The van der Waals surface area contributed by atoms with Gasteiger partial charge in [-0.1, -0.05) is 6.92 Å². The molecular weight excluding hydrogens is 200 g/mol. The molecule has 1 aromatic rings. The standard InChI is InChI=1S/C12H20N4/c1-4-10-5-12(14-8-13-10)15-11-6-16(7-11)9(2)3/h5,8-9,11H,4,6-7H2,1-3H3,(H,13,14,15). The van der Waals surface area contributed by atoms with Gasteiger partial charge in [-0.15, -0.1) is 0 Å². The first kappa shape index (κ1) is 11.3. The van der Waals surface area contributed by atoms with Crippen LogP contribution in [0.3, 0.4) is 0 Å². The summed E-state index contributed by atoms with van der Waals surface area (Å²) in [6.07, 6.45) is 2.60. The van der Waals surface area contributed by atoms with Crippen LogP contribution in [0.4, 0.5) is 5.82 Å². The van der Waals surface area contributed by atoms with E-state index in [0.29, 0.717) is 12.1 Å². The third-order valence-corrected chi connectivity index (χ3v) is 3.08. The lowest BCUT2D eigenvalue weighted by molar-refractivity contribution is 0.122. The van der Waals surface area contributed by atoms with E-state index in [1.54, 1.807) is 6.33 Å². The molecule has 4 nitrogen and oxygen atoms in total. The van der Waals surface area contributed by atoms with E-state index in [0.717, 1.165) is 31.0 Å². The SMILES string of the molecule is CCc1cc(NC2CN(C(C)C)C2)ncn1. The van der Waals surface area contributed by atoms with Crippen molar-refractivity contribution < 1.29 is 0 Å². The van der Waals surface area contributed by atoms with Gasteiger partial charge in [0.05, 0.1) is 6.04 Å². The van der Waals surface area contributed by atoms with Crippen molar-refractivity contribution in [3.05, 3.63) is 18.1 Å². The van der Waals surface area contributed by atoms with E-state index in [1.165, 1.54) is 0 Å². The molecule has 0 spiro atoms. The molecule has 1 aliphatic heterocycles. The summed E-state index contributed by atoms with van der Waals surface area (Å²) < 4.78 is 0. The van der Waals surface area contributed by atoms with Crippen molar-refractivity contribution in [2.45, 2.75) is 39.3 Å². The smallest absolute Gasteiger partial charge is 0.129 e. The number of aromatic nitrogens is 2. The topological polar surface area (TPSA) is 41.0 Å². The Morgan fingerprint density at radius 1 is 1.44 bits per heavy atom. The van der Waals surface area contributed by atoms with Crippen molar-refractivity contribution in [1.82, 2.24) is 14.9 Å². The average molecular weight is 220 g/mol. The Hall–Kier alpha value is -1.16. The quantitative estimate of drug-likeness (QED) is 0.835. The Labute approximate surface area is 97.1 Å². The number of likely N-dealkylation sites (tertiary alicyclic amines) is 1. The van der Waals surface area contributed by atoms with Crippen LogP contribution in [0.5, 0.6) is 0 Å². The maximum absolute atomic E-state index is 4.24. The average Bonchev–Trinajstić information content (AvgIpc) is 2.22. The first-order valence-electron chi connectivity index (χ1n) is 6.00. The number of rotatable bonds is 4. The van der Waals surface area contributed by atoms with E-state index in [1.807, 2.05) is 6.07 Å². The summed E-state index contributed by atoms with van der Waals surface area (Å²) in [5, 5.41) is 3.45. The highest BCUT2D eigenvalue weighted by Gasteiger charge is 2.28. The predicted molar refractivity (Wildman–Crippen MR) is 65.5 cm³/mol. The van der Waals surface area contributed by atoms with Gasteiger partial charge < -0.3 is 5.32 Å². The first-order valence-corrected chi connectivity index (χ1v) is 6.00. The zero-order valence-electron chi connectivity index (χ0n) is 10.3. The predicted octanol–water partition coefficient (Wildman–Crippen LogP) is 1.54. The molecular formula is C12H20N4. The van der Waals surface area contributed by atoms with Crippen molar-refractivity contribution in [3.8, 4) is 0 Å². The molecule has 0 aliphatic carbocycles. The minimum atomic E-state index is 0.544. The van der Waals surface area contributed by atoms with Crippen molar-refractivity contribution in [1.29, 1.82) is 0 Å². The van der Waals surface area contributed by atoms with Crippen molar-refractivity contribution >= 4 is 5.82 Å². The summed E-state index contributed by atoms with van der Waals surface area (Å²) in [7, 11) is 0. The van der Waals surface area contributed by atoms with Gasteiger partial charge in [0.15, 0.2) is 0 Å². The van der Waals surface area contributed by atoms with Crippen LogP contribution in [-0.2, 0) is 6.42 Å². The zero-order valence-corrected chi connectivity index (χ0v) is 10.3. The fraction of sp³-hybridized carbons (Fsp3) is 0.667. The van der Waals surface area contributed by atoms with Crippen LogP contribution in [-0.4, -0.2) is 40.0 Å².